The van der Waals surface area contributed by atoms with Crippen LogP contribution >= 0.6 is 0 Å². The average molecular weight is 435 g/mol. The highest BCUT2D eigenvalue weighted by Crippen LogP contribution is 2.49. The number of hydrogen-bond acceptors (Lipinski definition) is 5. The summed E-state index contributed by atoms with van der Waals surface area (Å²) in [5.74, 6) is -0.0726. The first-order valence-electron chi connectivity index (χ1n) is 11.5. The van der Waals surface area contributed by atoms with Crippen LogP contribution in [0.5, 0.6) is 0 Å². The van der Waals surface area contributed by atoms with E-state index in [1.807, 2.05) is 54.1 Å². The molecule has 1 aliphatic carbocycles. The maximum Gasteiger partial charge on any atom is 0.258 e. The molecule has 2 bridgehead atoms. The lowest BCUT2D eigenvalue weighted by molar-refractivity contribution is -0.127. The van der Waals surface area contributed by atoms with Crippen LogP contribution in [0.3, 0.4) is 0 Å². The topological polar surface area (TPSA) is 87.5 Å². The summed E-state index contributed by atoms with van der Waals surface area (Å²) in [5.41, 5.74) is 2.52. The largest absolute Gasteiger partial charge is 0.396 e. The second kappa shape index (κ2) is 8.64. The van der Waals surface area contributed by atoms with Crippen molar-refractivity contribution in [3.05, 3.63) is 69.9 Å². The first-order chi connectivity index (χ1) is 15.6. The number of aromatic nitrogens is 2. The van der Waals surface area contributed by atoms with E-state index in [2.05, 4.69) is 15.2 Å². The van der Waals surface area contributed by atoms with E-state index in [4.69, 9.17) is 0 Å². The Morgan fingerprint density at radius 2 is 2.16 bits per heavy atom. The third-order valence-corrected chi connectivity index (χ3v) is 7.20. The van der Waals surface area contributed by atoms with E-state index < -0.39 is 5.92 Å². The summed E-state index contributed by atoms with van der Waals surface area (Å²) in [4.78, 5) is 33.1. The number of hydrogen-bond donors (Lipinski definition) is 2. The summed E-state index contributed by atoms with van der Waals surface area (Å²) in [7, 11) is 0. The minimum Gasteiger partial charge on any atom is -0.396 e. The molecule has 1 saturated heterocycles. The van der Waals surface area contributed by atoms with Gasteiger partial charge in [-0.05, 0) is 49.4 Å². The van der Waals surface area contributed by atoms with Crippen LogP contribution in [0.1, 0.15) is 42.6 Å². The number of amides is 1. The Hall–Kier alpha value is -2.77. The van der Waals surface area contributed by atoms with Gasteiger partial charge in [0.15, 0.2) is 0 Å². The van der Waals surface area contributed by atoms with Gasteiger partial charge in [0.25, 0.3) is 5.56 Å². The maximum absolute atomic E-state index is 13.4. The molecule has 7 heteroatoms. The molecule has 5 rings (SSSR count). The number of carbonyl (C=O) groups excluding carboxylic acids is 1. The van der Waals surface area contributed by atoms with Crippen LogP contribution in [0.4, 0.5) is 0 Å². The lowest BCUT2D eigenvalue weighted by atomic mass is 9.86. The van der Waals surface area contributed by atoms with Gasteiger partial charge >= 0.3 is 0 Å². The highest BCUT2D eigenvalue weighted by atomic mass is 16.3. The Labute approximate surface area is 187 Å². The van der Waals surface area contributed by atoms with Crippen LogP contribution in [0.15, 0.2) is 47.5 Å². The van der Waals surface area contributed by atoms with E-state index in [0.29, 0.717) is 31.1 Å². The molecule has 4 atom stereocenters. The van der Waals surface area contributed by atoms with Crippen LogP contribution in [0, 0.1) is 17.8 Å². The Morgan fingerprint density at radius 3 is 2.84 bits per heavy atom. The van der Waals surface area contributed by atoms with Gasteiger partial charge in [0, 0.05) is 61.9 Å². The van der Waals surface area contributed by atoms with Crippen molar-refractivity contribution >= 4 is 12.0 Å². The Bertz CT molecular complexity index is 1080. The monoisotopic (exact) mass is 434 g/mol. The smallest absolute Gasteiger partial charge is 0.258 e. The summed E-state index contributed by atoms with van der Waals surface area (Å²) >= 11 is 0. The van der Waals surface area contributed by atoms with Crippen LogP contribution in [-0.4, -0.2) is 44.7 Å². The normalized spacial score (nSPS) is 26.9. The maximum atomic E-state index is 13.4. The second-order valence-electron chi connectivity index (χ2n) is 9.24. The average Bonchev–Trinajstić information content (AvgIpc) is 3.60. The van der Waals surface area contributed by atoms with Gasteiger partial charge in [0.1, 0.15) is 0 Å². The summed E-state index contributed by atoms with van der Waals surface area (Å²) in [5, 5.41) is 13.5. The number of pyridine rings is 2. The van der Waals surface area contributed by atoms with E-state index in [1.54, 1.807) is 6.20 Å². The number of aliphatic hydroxyl groups excluding tert-OH is 1. The molecule has 2 N–H and O–H groups in total. The third kappa shape index (κ3) is 3.69. The van der Waals surface area contributed by atoms with Crippen LogP contribution in [0.25, 0.3) is 6.08 Å². The molecular weight excluding hydrogens is 404 g/mol. The summed E-state index contributed by atoms with van der Waals surface area (Å²) in [6.45, 7) is 3.59. The molecule has 2 aromatic rings. The first-order valence-corrected chi connectivity index (χ1v) is 11.5. The molecule has 1 saturated carbocycles. The zero-order valence-electron chi connectivity index (χ0n) is 18.4. The fraction of sp³-hybridized carbons (Fsp3) is 0.480. The van der Waals surface area contributed by atoms with Gasteiger partial charge in [0.2, 0.25) is 5.91 Å². The van der Waals surface area contributed by atoms with Crippen molar-refractivity contribution in [2.45, 2.75) is 44.9 Å². The van der Waals surface area contributed by atoms with E-state index in [1.165, 1.54) is 12.8 Å². The van der Waals surface area contributed by atoms with Gasteiger partial charge in [-0.15, -0.1) is 0 Å². The molecule has 1 amide bonds. The molecule has 0 radical (unpaired) electrons. The van der Waals surface area contributed by atoms with Crippen LogP contribution in [0.2, 0.25) is 0 Å². The van der Waals surface area contributed by atoms with Crippen molar-refractivity contribution in [1.82, 2.24) is 19.8 Å². The van der Waals surface area contributed by atoms with E-state index in [9.17, 15) is 14.7 Å². The molecule has 3 aliphatic rings. The van der Waals surface area contributed by atoms with Crippen molar-refractivity contribution < 1.29 is 9.90 Å². The molecule has 2 fully saturated rings. The van der Waals surface area contributed by atoms with Crippen molar-refractivity contribution in [2.24, 2.45) is 17.8 Å². The molecule has 4 heterocycles. The number of nitrogens with one attached hydrogen (secondary N) is 1. The van der Waals surface area contributed by atoms with Crippen molar-refractivity contribution in [3.63, 3.8) is 0 Å². The highest BCUT2D eigenvalue weighted by Gasteiger charge is 2.55. The van der Waals surface area contributed by atoms with Crippen molar-refractivity contribution in [2.75, 3.05) is 13.2 Å². The highest BCUT2D eigenvalue weighted by molar-refractivity contribution is 5.80. The van der Waals surface area contributed by atoms with Gasteiger partial charge in [-0.2, -0.15) is 0 Å². The Morgan fingerprint density at radius 1 is 1.31 bits per heavy atom. The van der Waals surface area contributed by atoms with Crippen LogP contribution in [-0.2, 0) is 17.9 Å². The molecule has 32 heavy (non-hydrogen) atoms. The predicted octanol–water partition coefficient (Wildman–Crippen LogP) is 1.97. The summed E-state index contributed by atoms with van der Waals surface area (Å²) in [6, 6.07) is 7.40. The number of allylic oxidation sites excluding steroid dienone is 1. The zero-order valence-corrected chi connectivity index (χ0v) is 18.4. The van der Waals surface area contributed by atoms with Gasteiger partial charge in [0.05, 0.1) is 12.0 Å². The molecule has 7 nitrogen and oxygen atoms in total. The van der Waals surface area contributed by atoms with Gasteiger partial charge < -0.3 is 15.0 Å². The molecular formula is C25H30N4O3. The van der Waals surface area contributed by atoms with E-state index in [-0.39, 0.29) is 36.1 Å². The zero-order chi connectivity index (χ0) is 22.2. The van der Waals surface area contributed by atoms with Gasteiger partial charge in [-0.1, -0.05) is 18.2 Å². The molecule has 0 spiro atoms. The van der Waals surface area contributed by atoms with E-state index in [0.717, 1.165) is 11.3 Å². The lowest BCUT2D eigenvalue weighted by Gasteiger charge is -2.38. The van der Waals surface area contributed by atoms with Gasteiger partial charge in [-0.25, -0.2) is 0 Å². The predicted molar refractivity (Wildman–Crippen MR) is 122 cm³/mol. The minimum absolute atomic E-state index is 0.0157. The van der Waals surface area contributed by atoms with Crippen molar-refractivity contribution in [3.8, 4) is 0 Å². The Kier molecular flexibility index (Phi) is 5.69. The summed E-state index contributed by atoms with van der Waals surface area (Å²) in [6.07, 6.45) is 9.60. The molecule has 2 aliphatic heterocycles. The number of aliphatic hydroxyl groups is 1. The van der Waals surface area contributed by atoms with E-state index >= 15 is 0 Å². The lowest BCUT2D eigenvalue weighted by Crippen LogP contribution is -2.46. The fourth-order valence-electron chi connectivity index (χ4n) is 5.45. The molecule has 168 valence electrons. The number of nitrogens with zero attached hydrogens (tertiary/aromatic N) is 3. The van der Waals surface area contributed by atoms with Crippen molar-refractivity contribution in [1.29, 1.82) is 0 Å². The quantitative estimate of drug-likeness (QED) is 0.696. The SMILES string of the molecule is C/C=C\c1ccc2n(c1=O)C[C@@H]1[C@@H](CO)[C@H](C(=O)NCC3CC3)[C@H]2N1Cc1cccnc1. The second-order valence-corrected chi connectivity index (χ2v) is 9.24. The summed E-state index contributed by atoms with van der Waals surface area (Å²) < 4.78 is 1.82. The molecule has 2 aromatic heterocycles. The number of carbonyl (C=O) groups is 1. The minimum atomic E-state index is -0.402. The van der Waals surface area contributed by atoms with Gasteiger partial charge in [-0.3, -0.25) is 19.5 Å². The van der Waals surface area contributed by atoms with Crippen LogP contribution < -0.4 is 10.9 Å². The first kappa shape index (κ1) is 21.1. The Balaban J connectivity index is 1.56. The number of fused-ring (bicyclic) bond motifs is 4. The fourth-order valence-corrected chi connectivity index (χ4v) is 5.45. The molecule has 0 unspecified atom stereocenters. The third-order valence-electron chi connectivity index (χ3n) is 7.20. The standard InChI is InChI=1S/C25H30N4O3/c1-2-4-18-8-9-20-23-22(24(31)27-12-16-6-7-16)19(15-30)21(14-29(20)25(18)32)28(23)13-17-5-3-10-26-11-17/h2-5,8-11,16,19,21-23,30H,6-7,12-15H2,1H3,(H,27,31)/b4-2-/t19-,21-,22+,23+/m1/s1. The molecule has 0 aromatic carbocycles. The number of rotatable bonds is 7.